The predicted molar refractivity (Wildman–Crippen MR) is 56.7 cm³/mol. The van der Waals surface area contributed by atoms with E-state index >= 15 is 0 Å². The number of methoxy groups -OCH3 is 1. The summed E-state index contributed by atoms with van der Waals surface area (Å²) >= 11 is 0. The molecule has 18 heavy (non-hydrogen) atoms. The van der Waals surface area contributed by atoms with E-state index in [2.05, 4.69) is 0 Å². The van der Waals surface area contributed by atoms with Crippen LogP contribution in [0.25, 0.3) is 0 Å². The molecule has 0 aliphatic carbocycles. The highest BCUT2D eigenvalue weighted by Crippen LogP contribution is 2.24. The van der Waals surface area contributed by atoms with Crippen LogP contribution in [0.5, 0.6) is 0 Å². The van der Waals surface area contributed by atoms with E-state index in [9.17, 15) is 15.0 Å². The Morgan fingerprint density at radius 3 is 2.44 bits per heavy atom. The topological polar surface area (TPSA) is 126 Å². The van der Waals surface area contributed by atoms with Gasteiger partial charge in [0.15, 0.2) is 12.4 Å². The summed E-state index contributed by atoms with van der Waals surface area (Å²) in [7, 11) is 1.28. The molecule has 0 amide bonds. The van der Waals surface area contributed by atoms with E-state index in [1.807, 2.05) is 0 Å². The fourth-order valence-corrected chi connectivity index (χ4v) is 1.70. The Bertz CT molecular complexity index is 267. The Kier molecular flexibility index (Phi) is 5.45. The van der Waals surface area contributed by atoms with Gasteiger partial charge in [-0.05, 0) is 6.92 Å². The number of aliphatic hydroxyl groups is 3. The van der Waals surface area contributed by atoms with Crippen LogP contribution >= 0.6 is 0 Å². The minimum atomic E-state index is -1.35. The number of rotatable bonds is 5. The van der Waals surface area contributed by atoms with Crippen LogP contribution in [-0.2, 0) is 19.0 Å². The maximum absolute atomic E-state index is 10.7. The maximum atomic E-state index is 10.7. The molecule has 0 aromatic carbocycles. The number of carboxylic acids is 1. The summed E-state index contributed by atoms with van der Waals surface area (Å²) in [4.78, 5) is 10.7. The molecule has 0 saturated carbocycles. The Morgan fingerprint density at radius 1 is 1.39 bits per heavy atom. The summed E-state index contributed by atoms with van der Waals surface area (Å²) in [5.74, 6) is -1.23. The first-order chi connectivity index (χ1) is 8.42. The third-order valence-corrected chi connectivity index (χ3v) is 2.76. The summed E-state index contributed by atoms with van der Waals surface area (Å²) in [6, 6.07) is 0. The molecule has 6 atom stereocenters. The zero-order valence-corrected chi connectivity index (χ0v) is 10.1. The minimum absolute atomic E-state index is 0.505. The van der Waals surface area contributed by atoms with E-state index in [0.29, 0.717) is 0 Å². The molecule has 0 unspecified atom stereocenters. The van der Waals surface area contributed by atoms with E-state index < -0.39 is 49.4 Å². The van der Waals surface area contributed by atoms with Crippen molar-refractivity contribution in [2.75, 3.05) is 13.7 Å². The second kappa shape index (κ2) is 6.41. The van der Waals surface area contributed by atoms with Crippen LogP contribution in [0.4, 0.5) is 0 Å². The molecule has 1 rings (SSSR count). The molecule has 0 aromatic rings. The number of hydrogen-bond acceptors (Lipinski definition) is 7. The van der Waals surface area contributed by atoms with Crippen LogP contribution in [0.15, 0.2) is 0 Å². The zero-order chi connectivity index (χ0) is 13.9. The Hall–Kier alpha value is -0.770. The molecule has 0 bridgehead atoms. The van der Waals surface area contributed by atoms with Gasteiger partial charge in [-0.1, -0.05) is 0 Å². The van der Waals surface area contributed by atoms with Gasteiger partial charge in [-0.2, -0.15) is 0 Å². The van der Waals surface area contributed by atoms with Gasteiger partial charge < -0.3 is 34.6 Å². The van der Waals surface area contributed by atoms with E-state index in [-0.39, 0.29) is 0 Å². The third-order valence-electron chi connectivity index (χ3n) is 2.76. The van der Waals surface area contributed by atoms with Crippen LogP contribution in [0.3, 0.4) is 0 Å². The number of carboxylic acid groups (broad SMARTS) is 1. The van der Waals surface area contributed by atoms with Crippen LogP contribution in [-0.4, -0.2) is 76.9 Å². The third kappa shape index (κ3) is 3.16. The fourth-order valence-electron chi connectivity index (χ4n) is 1.70. The molecule has 4 N–H and O–H groups in total. The SMILES string of the molecule is CO[C@@H]1O[C@H](CO)[C@H](O)[C@H](O[C@H](C)C(=O)O)[C@H]1O. The normalized spacial score (nSPS) is 38.4. The van der Waals surface area contributed by atoms with Gasteiger partial charge in [0.2, 0.25) is 0 Å². The summed E-state index contributed by atoms with van der Waals surface area (Å²) in [5.41, 5.74) is 0. The lowest BCUT2D eigenvalue weighted by atomic mass is 9.99. The first kappa shape index (κ1) is 15.3. The molecule has 1 aliphatic heterocycles. The highest BCUT2D eigenvalue weighted by atomic mass is 16.7. The lowest BCUT2D eigenvalue weighted by Gasteiger charge is -2.41. The maximum Gasteiger partial charge on any atom is 0.332 e. The van der Waals surface area contributed by atoms with Crippen LogP contribution in [0, 0.1) is 0 Å². The van der Waals surface area contributed by atoms with E-state index in [0.717, 1.165) is 0 Å². The summed E-state index contributed by atoms with van der Waals surface area (Å²) in [5, 5.41) is 37.4. The average Bonchev–Trinajstić information content (AvgIpc) is 2.34. The van der Waals surface area contributed by atoms with Crippen molar-refractivity contribution in [3.05, 3.63) is 0 Å². The van der Waals surface area contributed by atoms with Gasteiger partial charge in [-0.15, -0.1) is 0 Å². The van der Waals surface area contributed by atoms with Crippen LogP contribution in [0.2, 0.25) is 0 Å². The first-order valence-corrected chi connectivity index (χ1v) is 5.45. The quantitative estimate of drug-likeness (QED) is 0.447. The standard InChI is InChI=1S/C10H18O8/c1-4(9(14)15)17-8-6(12)5(3-11)18-10(16-2)7(8)13/h4-8,10-13H,3H2,1-2H3,(H,14,15)/t4-,5-,6+,7-,8+,10-/m1/s1. The lowest BCUT2D eigenvalue weighted by Crippen LogP contribution is -2.60. The average molecular weight is 266 g/mol. The van der Waals surface area contributed by atoms with Gasteiger partial charge in [-0.3, -0.25) is 0 Å². The van der Waals surface area contributed by atoms with Crippen molar-refractivity contribution in [2.45, 2.75) is 43.7 Å². The smallest absolute Gasteiger partial charge is 0.332 e. The summed E-state index contributed by atoms with van der Waals surface area (Å²) in [6.07, 6.45) is -7.24. The van der Waals surface area contributed by atoms with Gasteiger partial charge in [0.1, 0.15) is 24.4 Å². The summed E-state index contributed by atoms with van der Waals surface area (Å²) < 4.78 is 15.0. The van der Waals surface area contributed by atoms with Crippen molar-refractivity contribution >= 4 is 5.97 Å². The highest BCUT2D eigenvalue weighted by molar-refractivity contribution is 5.71. The summed E-state index contributed by atoms with van der Waals surface area (Å²) in [6.45, 7) is 0.766. The Balaban J connectivity index is 2.79. The molecule has 1 heterocycles. The van der Waals surface area contributed by atoms with Gasteiger partial charge in [0.25, 0.3) is 0 Å². The predicted octanol–water partition coefficient (Wildman–Crippen LogP) is -2.07. The molecule has 0 spiro atoms. The largest absolute Gasteiger partial charge is 0.479 e. The lowest BCUT2D eigenvalue weighted by molar-refractivity contribution is -0.305. The van der Waals surface area contributed by atoms with E-state index in [1.54, 1.807) is 0 Å². The van der Waals surface area contributed by atoms with E-state index in [1.165, 1.54) is 14.0 Å². The van der Waals surface area contributed by atoms with Crippen molar-refractivity contribution in [2.24, 2.45) is 0 Å². The zero-order valence-electron chi connectivity index (χ0n) is 10.1. The van der Waals surface area contributed by atoms with Gasteiger partial charge in [0.05, 0.1) is 6.61 Å². The number of carbonyl (C=O) groups is 1. The van der Waals surface area contributed by atoms with Gasteiger partial charge in [0, 0.05) is 7.11 Å². The Morgan fingerprint density at radius 2 is 2.00 bits per heavy atom. The molecule has 1 saturated heterocycles. The van der Waals surface area contributed by atoms with E-state index in [4.69, 9.17) is 24.4 Å². The second-order valence-corrected chi connectivity index (χ2v) is 4.02. The molecule has 0 radical (unpaired) electrons. The molecule has 0 aromatic heterocycles. The molecular formula is C10H18O8. The minimum Gasteiger partial charge on any atom is -0.479 e. The van der Waals surface area contributed by atoms with Crippen molar-refractivity contribution in [1.29, 1.82) is 0 Å². The molecule has 8 nitrogen and oxygen atoms in total. The van der Waals surface area contributed by atoms with Gasteiger partial charge >= 0.3 is 5.97 Å². The number of ether oxygens (including phenoxy) is 3. The van der Waals surface area contributed by atoms with Crippen LogP contribution < -0.4 is 0 Å². The Labute approximate surface area is 104 Å². The number of hydrogen-bond donors (Lipinski definition) is 4. The van der Waals surface area contributed by atoms with Crippen molar-refractivity contribution in [3.63, 3.8) is 0 Å². The van der Waals surface area contributed by atoms with Gasteiger partial charge in [-0.25, -0.2) is 4.79 Å². The fraction of sp³-hybridized carbons (Fsp3) is 0.900. The monoisotopic (exact) mass is 266 g/mol. The number of aliphatic carboxylic acids is 1. The second-order valence-electron chi connectivity index (χ2n) is 4.02. The van der Waals surface area contributed by atoms with Crippen molar-refractivity contribution in [1.82, 2.24) is 0 Å². The molecule has 8 heteroatoms. The van der Waals surface area contributed by atoms with Crippen molar-refractivity contribution in [3.8, 4) is 0 Å². The first-order valence-electron chi connectivity index (χ1n) is 5.45. The molecule has 1 fully saturated rings. The number of aliphatic hydroxyl groups excluding tert-OH is 3. The highest BCUT2D eigenvalue weighted by Gasteiger charge is 2.46. The van der Waals surface area contributed by atoms with Crippen LogP contribution in [0.1, 0.15) is 6.92 Å². The molecule has 106 valence electrons. The molecular weight excluding hydrogens is 248 g/mol. The molecule has 1 aliphatic rings. The van der Waals surface area contributed by atoms with Crippen molar-refractivity contribution < 1.29 is 39.4 Å².